The largest absolute Gasteiger partial charge is 0.383 e. The second-order valence-electron chi connectivity index (χ2n) is 4.84. The molecule has 0 radical (unpaired) electrons. The van der Waals surface area contributed by atoms with Crippen LogP contribution in [0.5, 0.6) is 0 Å². The first-order valence-corrected chi connectivity index (χ1v) is 7.77. The van der Waals surface area contributed by atoms with Gasteiger partial charge in [0.1, 0.15) is 0 Å². The van der Waals surface area contributed by atoms with Gasteiger partial charge in [-0.1, -0.05) is 18.5 Å². The molecule has 0 aliphatic rings. The Bertz CT molecular complexity index is 321. The van der Waals surface area contributed by atoms with E-state index in [2.05, 4.69) is 25.2 Å². The second-order valence-corrected chi connectivity index (χ2v) is 6.58. The molecule has 1 unspecified atom stereocenters. The van der Waals surface area contributed by atoms with Crippen molar-refractivity contribution in [3.05, 3.63) is 20.8 Å². The number of nitrogens with one attached hydrogen (secondary N) is 1. The molecule has 18 heavy (non-hydrogen) atoms. The summed E-state index contributed by atoms with van der Waals surface area (Å²) in [6.07, 6.45) is 3.61. The SMILES string of the molecule is COCCNCCC(C)CCc1cc(C)c(Cl)s1. The summed E-state index contributed by atoms with van der Waals surface area (Å²) in [5.41, 5.74) is 1.21. The lowest BCUT2D eigenvalue weighted by atomic mass is 10.0. The minimum absolute atomic E-state index is 0.751. The predicted molar refractivity (Wildman–Crippen MR) is 80.9 cm³/mol. The van der Waals surface area contributed by atoms with Crippen molar-refractivity contribution in [2.75, 3.05) is 26.8 Å². The van der Waals surface area contributed by atoms with E-state index in [1.54, 1.807) is 18.4 Å². The number of halogens is 1. The summed E-state index contributed by atoms with van der Waals surface area (Å²) in [5, 5.41) is 3.39. The summed E-state index contributed by atoms with van der Waals surface area (Å²) in [7, 11) is 1.73. The zero-order chi connectivity index (χ0) is 13.4. The fourth-order valence-electron chi connectivity index (χ4n) is 1.83. The third-order valence-electron chi connectivity index (χ3n) is 3.09. The first-order valence-electron chi connectivity index (χ1n) is 6.58. The van der Waals surface area contributed by atoms with E-state index < -0.39 is 0 Å². The Balaban J connectivity index is 2.11. The molecule has 0 saturated carbocycles. The molecule has 0 bridgehead atoms. The average molecular weight is 290 g/mol. The number of hydrogen-bond donors (Lipinski definition) is 1. The summed E-state index contributed by atoms with van der Waals surface area (Å²) >= 11 is 7.80. The minimum atomic E-state index is 0.751. The van der Waals surface area contributed by atoms with Crippen molar-refractivity contribution < 1.29 is 4.74 Å². The monoisotopic (exact) mass is 289 g/mol. The van der Waals surface area contributed by atoms with Gasteiger partial charge in [-0.15, -0.1) is 11.3 Å². The maximum absolute atomic E-state index is 6.07. The van der Waals surface area contributed by atoms with Crippen LogP contribution in [-0.4, -0.2) is 26.8 Å². The molecule has 0 aliphatic heterocycles. The van der Waals surface area contributed by atoms with Crippen molar-refractivity contribution >= 4 is 22.9 Å². The van der Waals surface area contributed by atoms with Gasteiger partial charge in [0.2, 0.25) is 0 Å². The topological polar surface area (TPSA) is 21.3 Å². The standard InChI is InChI=1S/C14H24ClNOS/c1-11(6-7-16-8-9-17-3)4-5-13-10-12(2)14(15)18-13/h10-11,16H,4-9H2,1-3H3. The summed E-state index contributed by atoms with van der Waals surface area (Å²) in [5.74, 6) is 0.751. The Morgan fingerprint density at radius 2 is 2.17 bits per heavy atom. The van der Waals surface area contributed by atoms with Crippen LogP contribution in [0.4, 0.5) is 0 Å². The summed E-state index contributed by atoms with van der Waals surface area (Å²) in [6.45, 7) is 7.21. The fraction of sp³-hybridized carbons (Fsp3) is 0.714. The van der Waals surface area contributed by atoms with Crippen molar-refractivity contribution in [1.82, 2.24) is 5.32 Å². The number of methoxy groups -OCH3 is 1. The highest BCUT2D eigenvalue weighted by molar-refractivity contribution is 7.16. The summed E-state index contributed by atoms with van der Waals surface area (Å²) in [4.78, 5) is 1.41. The van der Waals surface area contributed by atoms with E-state index in [0.29, 0.717) is 0 Å². The van der Waals surface area contributed by atoms with Crippen LogP contribution >= 0.6 is 22.9 Å². The van der Waals surface area contributed by atoms with E-state index in [1.807, 2.05) is 0 Å². The molecule has 1 aromatic rings. The van der Waals surface area contributed by atoms with Crippen LogP contribution in [0, 0.1) is 12.8 Å². The molecule has 1 N–H and O–H groups in total. The van der Waals surface area contributed by atoms with E-state index in [-0.39, 0.29) is 0 Å². The average Bonchev–Trinajstić information content (AvgIpc) is 2.66. The Labute approximate surface area is 120 Å². The number of aryl methyl sites for hydroxylation is 2. The van der Waals surface area contributed by atoms with Gasteiger partial charge in [0.15, 0.2) is 0 Å². The molecule has 0 amide bonds. The Kier molecular flexibility index (Phi) is 7.91. The summed E-state index contributed by atoms with van der Waals surface area (Å²) < 4.78 is 5.94. The van der Waals surface area contributed by atoms with Gasteiger partial charge in [0.05, 0.1) is 10.9 Å². The van der Waals surface area contributed by atoms with Gasteiger partial charge in [-0.25, -0.2) is 0 Å². The van der Waals surface area contributed by atoms with Crippen LogP contribution in [0.25, 0.3) is 0 Å². The van der Waals surface area contributed by atoms with Crippen molar-refractivity contribution in [2.24, 2.45) is 5.92 Å². The van der Waals surface area contributed by atoms with Crippen molar-refractivity contribution in [1.29, 1.82) is 0 Å². The molecule has 0 aliphatic carbocycles. The first-order chi connectivity index (χ1) is 8.63. The molecule has 0 spiro atoms. The van der Waals surface area contributed by atoms with E-state index in [4.69, 9.17) is 16.3 Å². The quantitative estimate of drug-likeness (QED) is 0.696. The molecule has 1 rings (SSSR count). The van der Waals surface area contributed by atoms with Crippen LogP contribution in [0.15, 0.2) is 6.07 Å². The fourth-order valence-corrected chi connectivity index (χ4v) is 3.08. The zero-order valence-corrected chi connectivity index (χ0v) is 13.2. The lowest BCUT2D eigenvalue weighted by molar-refractivity contribution is 0.199. The van der Waals surface area contributed by atoms with Crippen molar-refractivity contribution in [3.63, 3.8) is 0 Å². The van der Waals surface area contributed by atoms with Gasteiger partial charge < -0.3 is 10.1 Å². The molecule has 1 atom stereocenters. The van der Waals surface area contributed by atoms with Crippen molar-refractivity contribution in [2.45, 2.75) is 33.1 Å². The molecule has 2 nitrogen and oxygen atoms in total. The van der Waals surface area contributed by atoms with Crippen LogP contribution in [-0.2, 0) is 11.2 Å². The van der Waals surface area contributed by atoms with Crippen LogP contribution in [0.3, 0.4) is 0 Å². The Morgan fingerprint density at radius 3 is 2.78 bits per heavy atom. The number of hydrogen-bond acceptors (Lipinski definition) is 3. The van der Waals surface area contributed by atoms with Gasteiger partial charge in [-0.05, 0) is 50.3 Å². The second kappa shape index (κ2) is 8.92. The van der Waals surface area contributed by atoms with E-state index in [1.165, 1.54) is 23.3 Å². The maximum atomic E-state index is 6.07. The number of rotatable bonds is 9. The van der Waals surface area contributed by atoms with E-state index in [9.17, 15) is 0 Å². The highest BCUT2D eigenvalue weighted by Gasteiger charge is 2.06. The smallest absolute Gasteiger partial charge is 0.0960 e. The van der Waals surface area contributed by atoms with Crippen LogP contribution in [0.2, 0.25) is 4.34 Å². The molecular weight excluding hydrogens is 266 g/mol. The normalized spacial score (nSPS) is 12.9. The zero-order valence-electron chi connectivity index (χ0n) is 11.6. The predicted octanol–water partition coefficient (Wildman–Crippen LogP) is 3.90. The van der Waals surface area contributed by atoms with E-state index in [0.717, 1.165) is 36.4 Å². The maximum Gasteiger partial charge on any atom is 0.0960 e. The van der Waals surface area contributed by atoms with Crippen LogP contribution in [0.1, 0.15) is 30.2 Å². The molecule has 1 heterocycles. The van der Waals surface area contributed by atoms with Crippen LogP contribution < -0.4 is 5.32 Å². The lowest BCUT2D eigenvalue weighted by Crippen LogP contribution is -2.21. The van der Waals surface area contributed by atoms with Gasteiger partial charge in [0.25, 0.3) is 0 Å². The van der Waals surface area contributed by atoms with Gasteiger partial charge in [-0.3, -0.25) is 0 Å². The first kappa shape index (κ1) is 16.0. The molecule has 4 heteroatoms. The Morgan fingerprint density at radius 1 is 1.39 bits per heavy atom. The van der Waals surface area contributed by atoms with Gasteiger partial charge in [-0.2, -0.15) is 0 Å². The molecule has 0 saturated heterocycles. The van der Waals surface area contributed by atoms with Gasteiger partial charge in [0, 0.05) is 18.5 Å². The highest BCUT2D eigenvalue weighted by atomic mass is 35.5. The molecule has 104 valence electrons. The third kappa shape index (κ3) is 6.19. The number of ether oxygens (including phenoxy) is 1. The summed E-state index contributed by atoms with van der Waals surface area (Å²) in [6, 6.07) is 2.22. The Hall–Kier alpha value is -0.0900. The lowest BCUT2D eigenvalue weighted by Gasteiger charge is -2.11. The minimum Gasteiger partial charge on any atom is -0.383 e. The molecule has 0 fully saturated rings. The molecular formula is C14H24ClNOS. The van der Waals surface area contributed by atoms with Crippen molar-refractivity contribution in [3.8, 4) is 0 Å². The third-order valence-corrected chi connectivity index (χ3v) is 4.70. The molecule has 1 aromatic heterocycles. The highest BCUT2D eigenvalue weighted by Crippen LogP contribution is 2.28. The van der Waals surface area contributed by atoms with Gasteiger partial charge >= 0.3 is 0 Å². The van der Waals surface area contributed by atoms with E-state index >= 15 is 0 Å². The number of thiophene rings is 1. The molecule has 0 aromatic carbocycles.